The quantitative estimate of drug-likeness (QED) is 0.657. The number of carbonyl (C=O) groups is 1. The largest absolute Gasteiger partial charge is 0.497 e. The van der Waals surface area contributed by atoms with Crippen molar-refractivity contribution in [2.45, 2.75) is 19.6 Å². The molecule has 2 heterocycles. The molecule has 0 spiro atoms. The molecule has 0 saturated carbocycles. The van der Waals surface area contributed by atoms with Crippen molar-refractivity contribution < 1.29 is 14.3 Å². The number of carbonyl (C=O) groups excluding carboxylic acids is 1. The average Bonchev–Trinajstić information content (AvgIpc) is 2.75. The van der Waals surface area contributed by atoms with Gasteiger partial charge < -0.3 is 14.4 Å². The summed E-state index contributed by atoms with van der Waals surface area (Å²) in [5.74, 6) is 1.42. The van der Waals surface area contributed by atoms with Crippen LogP contribution in [0.2, 0.25) is 0 Å². The SMILES string of the molecule is COc1ccc(CN2CCc3ncc(OCc4ccccc4)cc3C2=O)cc1. The highest BCUT2D eigenvalue weighted by molar-refractivity contribution is 5.96. The van der Waals surface area contributed by atoms with Gasteiger partial charge in [-0.1, -0.05) is 42.5 Å². The first-order valence-electron chi connectivity index (χ1n) is 9.31. The molecule has 1 aliphatic rings. The lowest BCUT2D eigenvalue weighted by molar-refractivity contribution is 0.0724. The second-order valence-corrected chi connectivity index (χ2v) is 6.76. The molecule has 0 radical (unpaired) electrons. The minimum Gasteiger partial charge on any atom is -0.497 e. The van der Waals surface area contributed by atoms with E-state index in [4.69, 9.17) is 9.47 Å². The van der Waals surface area contributed by atoms with Crippen molar-refractivity contribution in [3.8, 4) is 11.5 Å². The van der Waals surface area contributed by atoms with Crippen LogP contribution in [-0.4, -0.2) is 29.4 Å². The maximum atomic E-state index is 13.0. The third-order valence-corrected chi connectivity index (χ3v) is 4.86. The van der Waals surface area contributed by atoms with Gasteiger partial charge in [-0.25, -0.2) is 0 Å². The van der Waals surface area contributed by atoms with Crippen molar-refractivity contribution in [1.29, 1.82) is 0 Å². The molecular weight excluding hydrogens is 352 g/mol. The zero-order valence-electron chi connectivity index (χ0n) is 15.8. The van der Waals surface area contributed by atoms with E-state index in [1.54, 1.807) is 13.3 Å². The van der Waals surface area contributed by atoms with Crippen LogP contribution in [0.5, 0.6) is 11.5 Å². The Bertz CT molecular complexity index is 955. The van der Waals surface area contributed by atoms with Gasteiger partial charge in [0.15, 0.2) is 0 Å². The van der Waals surface area contributed by atoms with Crippen molar-refractivity contribution in [1.82, 2.24) is 9.88 Å². The molecule has 0 unspecified atom stereocenters. The lowest BCUT2D eigenvalue weighted by Crippen LogP contribution is -2.37. The first-order valence-corrected chi connectivity index (χ1v) is 9.31. The summed E-state index contributed by atoms with van der Waals surface area (Å²) in [6.45, 7) is 1.68. The number of pyridine rings is 1. The van der Waals surface area contributed by atoms with Gasteiger partial charge in [0.2, 0.25) is 0 Å². The van der Waals surface area contributed by atoms with Gasteiger partial charge in [-0.15, -0.1) is 0 Å². The van der Waals surface area contributed by atoms with Crippen LogP contribution in [0, 0.1) is 0 Å². The number of hydrogen-bond acceptors (Lipinski definition) is 4. The molecule has 0 N–H and O–H groups in total. The highest BCUT2D eigenvalue weighted by Crippen LogP contribution is 2.24. The van der Waals surface area contributed by atoms with Crippen LogP contribution in [0.1, 0.15) is 27.2 Å². The number of benzene rings is 2. The minimum absolute atomic E-state index is 0.00488. The van der Waals surface area contributed by atoms with Crippen molar-refractivity contribution in [3.63, 3.8) is 0 Å². The van der Waals surface area contributed by atoms with Crippen LogP contribution in [0.4, 0.5) is 0 Å². The number of rotatable bonds is 6. The summed E-state index contributed by atoms with van der Waals surface area (Å²) >= 11 is 0. The Kier molecular flexibility index (Phi) is 5.24. The Morgan fingerprint density at radius 2 is 1.79 bits per heavy atom. The molecule has 0 fully saturated rings. The van der Waals surface area contributed by atoms with Gasteiger partial charge in [0, 0.05) is 19.5 Å². The van der Waals surface area contributed by atoms with E-state index in [1.165, 1.54) is 0 Å². The Hall–Kier alpha value is -3.34. The maximum Gasteiger partial charge on any atom is 0.256 e. The topological polar surface area (TPSA) is 51.7 Å². The van der Waals surface area contributed by atoms with E-state index in [-0.39, 0.29) is 5.91 Å². The van der Waals surface area contributed by atoms with E-state index in [9.17, 15) is 4.79 Å². The van der Waals surface area contributed by atoms with Crippen molar-refractivity contribution in [2.24, 2.45) is 0 Å². The number of ether oxygens (including phenoxy) is 2. The second-order valence-electron chi connectivity index (χ2n) is 6.76. The van der Waals surface area contributed by atoms with Crippen molar-refractivity contribution in [3.05, 3.63) is 89.2 Å². The maximum absolute atomic E-state index is 13.0. The van der Waals surface area contributed by atoms with E-state index >= 15 is 0 Å². The van der Waals surface area contributed by atoms with E-state index in [1.807, 2.05) is 65.6 Å². The van der Waals surface area contributed by atoms with Crippen molar-refractivity contribution >= 4 is 5.91 Å². The van der Waals surface area contributed by atoms with Gasteiger partial charge in [-0.05, 0) is 29.3 Å². The van der Waals surface area contributed by atoms with Crippen LogP contribution in [0.15, 0.2) is 66.9 Å². The van der Waals surface area contributed by atoms with E-state index < -0.39 is 0 Å². The standard InChI is InChI=1S/C23H22N2O3/c1-27-19-9-7-17(8-10-19)15-25-12-11-22-21(23(25)26)13-20(14-24-22)28-16-18-5-3-2-4-6-18/h2-10,13-14H,11-12,15-16H2,1H3. The molecule has 0 bridgehead atoms. The average molecular weight is 374 g/mol. The van der Waals surface area contributed by atoms with Gasteiger partial charge >= 0.3 is 0 Å². The predicted molar refractivity (Wildman–Crippen MR) is 106 cm³/mol. The van der Waals surface area contributed by atoms with Gasteiger partial charge in [0.05, 0.1) is 24.6 Å². The number of fused-ring (bicyclic) bond motifs is 1. The molecule has 2 aromatic carbocycles. The normalized spacial score (nSPS) is 13.2. The first kappa shape index (κ1) is 18.0. The summed E-state index contributed by atoms with van der Waals surface area (Å²) in [6, 6.07) is 19.5. The third-order valence-electron chi connectivity index (χ3n) is 4.86. The van der Waals surface area contributed by atoms with Gasteiger partial charge in [-0.2, -0.15) is 0 Å². The monoisotopic (exact) mass is 374 g/mol. The van der Waals surface area contributed by atoms with Gasteiger partial charge in [0.1, 0.15) is 18.1 Å². The Balaban J connectivity index is 1.46. The number of nitrogens with zero attached hydrogens (tertiary/aromatic N) is 2. The fourth-order valence-electron chi connectivity index (χ4n) is 3.29. The van der Waals surface area contributed by atoms with Gasteiger partial charge in [-0.3, -0.25) is 9.78 Å². The Labute approximate surface area is 164 Å². The highest BCUT2D eigenvalue weighted by Gasteiger charge is 2.26. The van der Waals surface area contributed by atoms with E-state index in [0.717, 1.165) is 29.0 Å². The number of methoxy groups -OCH3 is 1. The number of aromatic nitrogens is 1. The van der Waals surface area contributed by atoms with E-state index in [2.05, 4.69) is 4.98 Å². The van der Waals surface area contributed by atoms with Gasteiger partial charge in [0.25, 0.3) is 5.91 Å². The van der Waals surface area contributed by atoms with E-state index in [0.29, 0.717) is 31.0 Å². The molecule has 28 heavy (non-hydrogen) atoms. The fourth-order valence-corrected chi connectivity index (χ4v) is 3.29. The first-order chi connectivity index (χ1) is 13.7. The summed E-state index contributed by atoms with van der Waals surface area (Å²) in [4.78, 5) is 19.3. The van der Waals surface area contributed by atoms with Crippen LogP contribution in [0.25, 0.3) is 0 Å². The molecule has 142 valence electrons. The lowest BCUT2D eigenvalue weighted by Gasteiger charge is -2.28. The summed E-state index contributed by atoms with van der Waals surface area (Å²) in [5, 5.41) is 0. The zero-order chi connectivity index (χ0) is 19.3. The number of hydrogen-bond donors (Lipinski definition) is 0. The zero-order valence-corrected chi connectivity index (χ0v) is 15.8. The molecule has 5 heteroatoms. The molecule has 0 saturated heterocycles. The van der Waals surface area contributed by atoms with Crippen LogP contribution >= 0.6 is 0 Å². The summed E-state index contributed by atoms with van der Waals surface area (Å²) in [6.07, 6.45) is 2.45. The molecule has 1 amide bonds. The Morgan fingerprint density at radius 3 is 2.54 bits per heavy atom. The van der Waals surface area contributed by atoms with Crippen LogP contribution < -0.4 is 9.47 Å². The third kappa shape index (κ3) is 3.98. The predicted octanol–water partition coefficient (Wildman–Crippen LogP) is 3.87. The Morgan fingerprint density at radius 1 is 1.00 bits per heavy atom. The molecular formula is C23H22N2O3. The minimum atomic E-state index is -0.00488. The smallest absolute Gasteiger partial charge is 0.256 e. The molecule has 5 nitrogen and oxygen atoms in total. The molecule has 0 aliphatic carbocycles. The molecule has 1 aromatic heterocycles. The van der Waals surface area contributed by atoms with Crippen LogP contribution in [0.3, 0.4) is 0 Å². The summed E-state index contributed by atoms with van der Waals surface area (Å²) in [5.41, 5.74) is 3.61. The van der Waals surface area contributed by atoms with Crippen LogP contribution in [-0.2, 0) is 19.6 Å². The molecule has 1 aliphatic heterocycles. The summed E-state index contributed by atoms with van der Waals surface area (Å²) < 4.78 is 11.0. The molecule has 3 aromatic rings. The molecule has 4 rings (SSSR count). The number of amides is 1. The second kappa shape index (κ2) is 8.13. The molecule has 0 atom stereocenters. The highest BCUT2D eigenvalue weighted by atomic mass is 16.5. The summed E-state index contributed by atoms with van der Waals surface area (Å²) in [7, 11) is 1.64. The van der Waals surface area contributed by atoms with Crippen molar-refractivity contribution in [2.75, 3.05) is 13.7 Å². The lowest BCUT2D eigenvalue weighted by atomic mass is 10.0. The fraction of sp³-hybridized carbons (Fsp3) is 0.217.